The smallest absolute Gasteiger partial charge is 0.338 e. The van der Waals surface area contributed by atoms with Crippen LogP contribution in [0.3, 0.4) is 0 Å². The minimum absolute atomic E-state index is 0.0103. The summed E-state index contributed by atoms with van der Waals surface area (Å²) >= 11 is 12.0. The zero-order valence-corrected chi connectivity index (χ0v) is 19.4. The molecule has 0 saturated carbocycles. The number of rotatable bonds is 4. The first-order valence-electron chi connectivity index (χ1n) is 11.0. The van der Waals surface area contributed by atoms with Gasteiger partial charge in [-0.05, 0) is 56.5 Å². The Labute approximate surface area is 199 Å². The van der Waals surface area contributed by atoms with Crippen LogP contribution in [0.5, 0.6) is 0 Å². The third-order valence-electron chi connectivity index (χ3n) is 6.57. The molecule has 2 aliphatic heterocycles. The highest BCUT2D eigenvalue weighted by molar-refractivity contribution is 6.40. The summed E-state index contributed by atoms with van der Waals surface area (Å²) in [5.41, 5.74) is 0.746. The Morgan fingerprint density at radius 1 is 1.15 bits per heavy atom. The van der Waals surface area contributed by atoms with E-state index in [1.165, 1.54) is 18.9 Å². The Morgan fingerprint density at radius 3 is 2.61 bits per heavy atom. The summed E-state index contributed by atoms with van der Waals surface area (Å²) in [6.07, 6.45) is 4.51. The summed E-state index contributed by atoms with van der Waals surface area (Å²) in [4.78, 5) is 33.5. The molecule has 174 valence electrons. The number of benzene rings is 1. The number of imidazole rings is 1. The number of hydrogen-bond acceptors (Lipinski definition) is 5. The number of hydrogen-bond donors (Lipinski definition) is 1. The summed E-state index contributed by atoms with van der Waals surface area (Å²) < 4.78 is 15.8. The standard InChI is InChI=1S/C22H23Cl2FN6O2/c23-18-19(24)31-20(26-18)17(27-28-22(31)33)12-13-3-4-16(25)15(11-13)21(32)30-9-5-14(6-10-30)29-7-1-2-8-29/h3-4,11,14H,1-2,5-10,12H2,(H,28,33). The first kappa shape index (κ1) is 22.3. The van der Waals surface area contributed by atoms with Gasteiger partial charge in [-0.2, -0.15) is 5.10 Å². The van der Waals surface area contributed by atoms with E-state index in [2.05, 4.69) is 20.1 Å². The molecule has 1 amide bonds. The van der Waals surface area contributed by atoms with Gasteiger partial charge in [0, 0.05) is 25.6 Å². The summed E-state index contributed by atoms with van der Waals surface area (Å²) in [6, 6.07) is 4.92. The second-order valence-electron chi connectivity index (χ2n) is 8.59. The number of carbonyl (C=O) groups is 1. The van der Waals surface area contributed by atoms with Gasteiger partial charge in [-0.15, -0.1) is 0 Å². The van der Waals surface area contributed by atoms with Gasteiger partial charge in [0.15, 0.2) is 16.0 Å². The molecule has 0 radical (unpaired) electrons. The first-order valence-corrected chi connectivity index (χ1v) is 11.8. The van der Waals surface area contributed by atoms with Crippen molar-refractivity contribution >= 4 is 34.8 Å². The van der Waals surface area contributed by atoms with E-state index in [4.69, 9.17) is 23.2 Å². The van der Waals surface area contributed by atoms with Crippen molar-refractivity contribution in [3.8, 4) is 0 Å². The number of fused-ring (bicyclic) bond motifs is 1. The molecule has 2 saturated heterocycles. The maximum Gasteiger partial charge on any atom is 0.348 e. The molecule has 0 aliphatic carbocycles. The number of aromatic nitrogens is 4. The van der Waals surface area contributed by atoms with Crippen LogP contribution in [0.25, 0.3) is 5.65 Å². The zero-order chi connectivity index (χ0) is 23.1. The number of aromatic amines is 1. The van der Waals surface area contributed by atoms with Gasteiger partial charge < -0.3 is 9.80 Å². The van der Waals surface area contributed by atoms with Gasteiger partial charge in [-0.1, -0.05) is 29.3 Å². The van der Waals surface area contributed by atoms with Crippen molar-refractivity contribution in [2.45, 2.75) is 38.1 Å². The van der Waals surface area contributed by atoms with Crippen molar-refractivity contribution in [2.24, 2.45) is 0 Å². The van der Waals surface area contributed by atoms with Crippen molar-refractivity contribution in [3.63, 3.8) is 0 Å². The fourth-order valence-electron chi connectivity index (χ4n) is 4.84. The fourth-order valence-corrected chi connectivity index (χ4v) is 5.20. The molecule has 1 aromatic carbocycles. The number of H-pyrrole nitrogens is 1. The number of halogens is 3. The topological polar surface area (TPSA) is 86.6 Å². The van der Waals surface area contributed by atoms with Gasteiger partial charge in [0.05, 0.1) is 5.56 Å². The molecule has 0 bridgehead atoms. The Morgan fingerprint density at radius 2 is 1.88 bits per heavy atom. The van der Waals surface area contributed by atoms with E-state index in [1.54, 1.807) is 17.0 Å². The third-order valence-corrected chi connectivity index (χ3v) is 7.28. The molecule has 0 spiro atoms. The van der Waals surface area contributed by atoms with Crippen LogP contribution in [-0.4, -0.2) is 67.5 Å². The maximum absolute atomic E-state index is 14.6. The van der Waals surface area contributed by atoms with Crippen LogP contribution in [0.2, 0.25) is 10.3 Å². The van der Waals surface area contributed by atoms with Gasteiger partial charge in [-0.3, -0.25) is 4.79 Å². The molecule has 4 heterocycles. The molecule has 2 aliphatic rings. The van der Waals surface area contributed by atoms with Gasteiger partial charge >= 0.3 is 5.69 Å². The van der Waals surface area contributed by atoms with Crippen LogP contribution in [0.1, 0.15) is 47.3 Å². The van der Waals surface area contributed by atoms with E-state index in [0.717, 1.165) is 30.3 Å². The number of amides is 1. The lowest BCUT2D eigenvalue weighted by atomic mass is 10.0. The maximum atomic E-state index is 14.6. The van der Waals surface area contributed by atoms with Crippen LogP contribution in [0.15, 0.2) is 23.0 Å². The van der Waals surface area contributed by atoms with Gasteiger partial charge in [0.2, 0.25) is 0 Å². The molecular formula is C22H23Cl2FN6O2. The third kappa shape index (κ3) is 4.25. The molecule has 33 heavy (non-hydrogen) atoms. The largest absolute Gasteiger partial charge is 0.348 e. The van der Waals surface area contributed by atoms with Crippen molar-refractivity contribution < 1.29 is 9.18 Å². The van der Waals surface area contributed by atoms with Crippen LogP contribution in [0.4, 0.5) is 4.39 Å². The van der Waals surface area contributed by atoms with E-state index in [9.17, 15) is 14.0 Å². The van der Waals surface area contributed by atoms with Crippen LogP contribution < -0.4 is 5.69 Å². The highest BCUT2D eigenvalue weighted by Gasteiger charge is 2.29. The monoisotopic (exact) mass is 492 g/mol. The quantitative estimate of drug-likeness (QED) is 0.604. The first-order chi connectivity index (χ1) is 15.9. The molecule has 1 N–H and O–H groups in total. The van der Waals surface area contributed by atoms with Crippen LogP contribution in [0, 0.1) is 5.82 Å². The van der Waals surface area contributed by atoms with E-state index in [-0.39, 0.29) is 33.8 Å². The Balaban J connectivity index is 1.35. The van der Waals surface area contributed by atoms with Crippen molar-refractivity contribution in [1.29, 1.82) is 0 Å². The summed E-state index contributed by atoms with van der Waals surface area (Å²) in [7, 11) is 0. The zero-order valence-electron chi connectivity index (χ0n) is 17.9. The normalized spacial score (nSPS) is 17.8. The molecule has 8 nitrogen and oxygen atoms in total. The van der Waals surface area contributed by atoms with Crippen LogP contribution in [-0.2, 0) is 6.42 Å². The minimum atomic E-state index is -0.564. The lowest BCUT2D eigenvalue weighted by Crippen LogP contribution is -2.46. The predicted molar refractivity (Wildman–Crippen MR) is 123 cm³/mol. The number of nitrogens with one attached hydrogen (secondary N) is 1. The molecule has 2 fully saturated rings. The Kier molecular flexibility index (Phi) is 6.11. The van der Waals surface area contributed by atoms with E-state index in [0.29, 0.717) is 30.4 Å². The molecule has 3 aromatic rings. The lowest BCUT2D eigenvalue weighted by Gasteiger charge is -2.36. The molecular weight excluding hydrogens is 470 g/mol. The van der Waals surface area contributed by atoms with Crippen LogP contribution >= 0.6 is 23.2 Å². The number of carbonyl (C=O) groups excluding carboxylic acids is 1. The summed E-state index contributed by atoms with van der Waals surface area (Å²) in [6.45, 7) is 3.51. The van der Waals surface area contributed by atoms with Gasteiger partial charge in [0.1, 0.15) is 11.5 Å². The Hall–Kier alpha value is -2.49. The number of piperidine rings is 1. The van der Waals surface area contributed by atoms with E-state index >= 15 is 0 Å². The average molecular weight is 493 g/mol. The fraction of sp³-hybridized carbons (Fsp3) is 0.455. The Bertz CT molecular complexity index is 1260. The van der Waals surface area contributed by atoms with Crippen molar-refractivity contribution in [3.05, 3.63) is 61.6 Å². The van der Waals surface area contributed by atoms with Gasteiger partial charge in [-0.25, -0.2) is 23.7 Å². The second-order valence-corrected chi connectivity index (χ2v) is 9.30. The molecule has 2 aromatic heterocycles. The summed E-state index contributed by atoms with van der Waals surface area (Å²) in [5, 5.41) is 6.40. The van der Waals surface area contributed by atoms with E-state index in [1.807, 2.05) is 0 Å². The molecule has 5 rings (SSSR count). The van der Waals surface area contributed by atoms with Gasteiger partial charge in [0.25, 0.3) is 5.91 Å². The lowest BCUT2D eigenvalue weighted by molar-refractivity contribution is 0.0640. The molecule has 11 heteroatoms. The highest BCUT2D eigenvalue weighted by Crippen LogP contribution is 2.25. The average Bonchev–Trinajstić information content (AvgIpc) is 3.46. The minimum Gasteiger partial charge on any atom is -0.338 e. The molecule has 0 unspecified atom stereocenters. The second kappa shape index (κ2) is 9.04. The number of likely N-dealkylation sites (tertiary alicyclic amines) is 2. The summed E-state index contributed by atoms with van der Waals surface area (Å²) in [5.74, 6) is -0.863. The molecule has 0 atom stereocenters. The van der Waals surface area contributed by atoms with Crippen molar-refractivity contribution in [2.75, 3.05) is 26.2 Å². The van der Waals surface area contributed by atoms with Crippen molar-refractivity contribution in [1.82, 2.24) is 29.4 Å². The predicted octanol–water partition coefficient (Wildman–Crippen LogP) is 3.15. The SMILES string of the molecule is O=C(c1cc(Cc2n[nH]c(=O)n3c(Cl)c(Cl)nc23)ccc1F)N1CCC(N2CCCC2)CC1. The van der Waals surface area contributed by atoms with E-state index < -0.39 is 11.5 Å². The number of nitrogens with zero attached hydrogens (tertiary/aromatic N) is 5. The highest BCUT2D eigenvalue weighted by atomic mass is 35.5.